The van der Waals surface area contributed by atoms with Crippen LogP contribution < -0.4 is 16.4 Å². The van der Waals surface area contributed by atoms with Crippen LogP contribution in [0.25, 0.3) is 0 Å². The molecular weight excluding hydrogens is 212 g/mol. The molecule has 1 heterocycles. The van der Waals surface area contributed by atoms with Gasteiger partial charge >= 0.3 is 0 Å². The lowest BCUT2D eigenvalue weighted by Crippen LogP contribution is -2.39. The molecule has 1 aromatic heterocycles. The van der Waals surface area contributed by atoms with E-state index in [1.807, 2.05) is 0 Å². The molecule has 0 radical (unpaired) electrons. The molecule has 1 amide bonds. The third-order valence-corrected chi connectivity index (χ3v) is 3.60. The minimum atomic E-state index is -0.101. The van der Waals surface area contributed by atoms with Crippen LogP contribution in [0, 0.1) is 0 Å². The molecular formula is C9H14N4OS. The summed E-state index contributed by atoms with van der Waals surface area (Å²) in [6, 6.07) is 0.331. The Morgan fingerprint density at radius 3 is 2.80 bits per heavy atom. The fourth-order valence-electron chi connectivity index (χ4n) is 1.41. The normalized spacial score (nSPS) is 15.8. The zero-order chi connectivity index (χ0) is 10.8. The van der Waals surface area contributed by atoms with E-state index in [0.717, 1.165) is 12.8 Å². The van der Waals surface area contributed by atoms with E-state index < -0.39 is 0 Å². The number of anilines is 2. The molecule has 1 fully saturated rings. The molecule has 0 bridgehead atoms. The van der Waals surface area contributed by atoms with Gasteiger partial charge in [0.1, 0.15) is 10.7 Å². The lowest BCUT2D eigenvalue weighted by Gasteiger charge is -2.25. The largest absolute Gasteiger partial charge is 0.382 e. The van der Waals surface area contributed by atoms with E-state index in [4.69, 9.17) is 5.73 Å². The molecule has 1 saturated carbocycles. The molecule has 0 aliphatic heterocycles. The van der Waals surface area contributed by atoms with Crippen molar-refractivity contribution < 1.29 is 4.79 Å². The number of carbonyl (C=O) groups is 1. The Kier molecular flexibility index (Phi) is 2.77. The van der Waals surface area contributed by atoms with E-state index in [9.17, 15) is 4.79 Å². The van der Waals surface area contributed by atoms with E-state index in [1.54, 1.807) is 7.05 Å². The van der Waals surface area contributed by atoms with Gasteiger partial charge in [0.15, 0.2) is 5.13 Å². The summed E-state index contributed by atoms with van der Waals surface area (Å²) in [6.45, 7) is 0. The van der Waals surface area contributed by atoms with Crippen molar-refractivity contribution in [1.29, 1.82) is 0 Å². The van der Waals surface area contributed by atoms with Crippen LogP contribution in [-0.2, 0) is 0 Å². The Bertz CT molecular complexity index is 372. The number of nitrogen functional groups attached to an aromatic ring is 1. The first-order valence-corrected chi connectivity index (χ1v) is 5.77. The minimum absolute atomic E-state index is 0.101. The number of aromatic nitrogens is 1. The quantitative estimate of drug-likeness (QED) is 0.719. The van der Waals surface area contributed by atoms with Gasteiger partial charge in [-0.1, -0.05) is 11.3 Å². The van der Waals surface area contributed by atoms with Gasteiger partial charge in [0, 0.05) is 13.1 Å². The highest BCUT2D eigenvalue weighted by Crippen LogP contribution is 2.25. The van der Waals surface area contributed by atoms with Crippen LogP contribution >= 0.6 is 11.3 Å². The van der Waals surface area contributed by atoms with Crippen molar-refractivity contribution >= 4 is 28.2 Å². The summed E-state index contributed by atoms with van der Waals surface area (Å²) in [5.74, 6) is 0.206. The number of amides is 1. The van der Waals surface area contributed by atoms with Gasteiger partial charge in [0.05, 0.1) is 0 Å². The maximum atomic E-state index is 11.7. The van der Waals surface area contributed by atoms with E-state index in [0.29, 0.717) is 21.9 Å². The van der Waals surface area contributed by atoms with Crippen LogP contribution in [0.1, 0.15) is 28.9 Å². The summed E-state index contributed by atoms with van der Waals surface area (Å²) in [6.07, 6.45) is 3.34. The van der Waals surface area contributed by atoms with Gasteiger partial charge in [-0.05, 0) is 19.3 Å². The summed E-state index contributed by atoms with van der Waals surface area (Å²) < 4.78 is 0. The molecule has 0 aromatic carbocycles. The molecule has 15 heavy (non-hydrogen) atoms. The molecule has 6 heteroatoms. The average molecular weight is 226 g/mol. The van der Waals surface area contributed by atoms with Gasteiger partial charge in [-0.25, -0.2) is 4.98 Å². The molecule has 0 saturated heterocycles. The van der Waals surface area contributed by atoms with Crippen molar-refractivity contribution in [3.63, 3.8) is 0 Å². The smallest absolute Gasteiger partial charge is 0.265 e. The molecule has 0 unspecified atom stereocenters. The van der Waals surface area contributed by atoms with Gasteiger partial charge in [0.25, 0.3) is 5.91 Å². The molecule has 1 aliphatic carbocycles. The van der Waals surface area contributed by atoms with Gasteiger partial charge in [-0.3, -0.25) is 4.79 Å². The second-order valence-corrected chi connectivity index (χ2v) is 4.58. The topological polar surface area (TPSA) is 80.0 Å². The summed E-state index contributed by atoms with van der Waals surface area (Å²) in [4.78, 5) is 16.3. The van der Waals surface area contributed by atoms with Crippen LogP contribution in [0.2, 0.25) is 0 Å². The van der Waals surface area contributed by atoms with Crippen molar-refractivity contribution in [3.8, 4) is 0 Å². The first-order valence-electron chi connectivity index (χ1n) is 4.95. The van der Waals surface area contributed by atoms with Crippen molar-refractivity contribution in [1.82, 2.24) is 10.3 Å². The molecule has 0 spiro atoms. The Labute approximate surface area is 92.1 Å². The van der Waals surface area contributed by atoms with E-state index in [1.165, 1.54) is 17.8 Å². The standard InChI is InChI=1S/C9H14N4OS/c1-11-9-13-7(10)6(15-9)8(14)12-5-3-2-4-5/h5H,2-4,10H2,1H3,(H,11,13)(H,12,14). The predicted molar refractivity (Wildman–Crippen MR) is 61.2 cm³/mol. The van der Waals surface area contributed by atoms with Gasteiger partial charge < -0.3 is 16.4 Å². The Balaban J connectivity index is 2.06. The van der Waals surface area contributed by atoms with E-state index in [-0.39, 0.29) is 5.91 Å². The summed E-state index contributed by atoms with van der Waals surface area (Å²) in [5, 5.41) is 6.48. The second-order valence-electron chi connectivity index (χ2n) is 3.58. The first-order chi connectivity index (χ1) is 7.20. The SMILES string of the molecule is CNc1nc(N)c(C(=O)NC2CCC2)s1. The van der Waals surface area contributed by atoms with Crippen LogP contribution in [-0.4, -0.2) is 24.0 Å². The number of carbonyl (C=O) groups excluding carboxylic acids is 1. The predicted octanol–water partition coefficient (Wildman–Crippen LogP) is 1.05. The van der Waals surface area contributed by atoms with Gasteiger partial charge in [-0.2, -0.15) is 0 Å². The molecule has 1 aromatic rings. The zero-order valence-electron chi connectivity index (χ0n) is 8.54. The number of nitrogens with one attached hydrogen (secondary N) is 2. The van der Waals surface area contributed by atoms with Crippen molar-refractivity contribution in [2.45, 2.75) is 25.3 Å². The molecule has 5 nitrogen and oxygen atoms in total. The summed E-state index contributed by atoms with van der Waals surface area (Å²) in [7, 11) is 1.76. The minimum Gasteiger partial charge on any atom is -0.382 e. The number of nitrogens with two attached hydrogens (primary N) is 1. The van der Waals surface area contributed by atoms with Crippen LogP contribution in [0.4, 0.5) is 10.9 Å². The number of nitrogens with zero attached hydrogens (tertiary/aromatic N) is 1. The lowest BCUT2D eigenvalue weighted by atomic mass is 9.93. The third kappa shape index (κ3) is 2.04. The molecule has 82 valence electrons. The van der Waals surface area contributed by atoms with Crippen LogP contribution in [0.5, 0.6) is 0 Å². The zero-order valence-corrected chi connectivity index (χ0v) is 9.36. The fourth-order valence-corrected chi connectivity index (χ4v) is 2.15. The van der Waals surface area contributed by atoms with Crippen LogP contribution in [0.3, 0.4) is 0 Å². The van der Waals surface area contributed by atoms with Gasteiger partial charge in [-0.15, -0.1) is 0 Å². The molecule has 1 aliphatic rings. The number of hydrogen-bond acceptors (Lipinski definition) is 5. The van der Waals surface area contributed by atoms with Crippen molar-refractivity contribution in [2.24, 2.45) is 0 Å². The Morgan fingerprint density at radius 1 is 1.60 bits per heavy atom. The highest BCUT2D eigenvalue weighted by atomic mass is 32.1. The highest BCUT2D eigenvalue weighted by Gasteiger charge is 2.23. The maximum Gasteiger partial charge on any atom is 0.265 e. The monoisotopic (exact) mass is 226 g/mol. The van der Waals surface area contributed by atoms with E-state index in [2.05, 4.69) is 15.6 Å². The highest BCUT2D eigenvalue weighted by molar-refractivity contribution is 7.18. The third-order valence-electron chi connectivity index (χ3n) is 2.51. The van der Waals surface area contributed by atoms with Crippen molar-refractivity contribution in [2.75, 3.05) is 18.1 Å². The summed E-state index contributed by atoms with van der Waals surface area (Å²) >= 11 is 1.28. The number of thiazole rings is 1. The Morgan fingerprint density at radius 2 is 2.33 bits per heavy atom. The summed E-state index contributed by atoms with van der Waals surface area (Å²) in [5.41, 5.74) is 5.65. The van der Waals surface area contributed by atoms with E-state index >= 15 is 0 Å². The molecule has 2 rings (SSSR count). The Hall–Kier alpha value is -1.30. The van der Waals surface area contributed by atoms with Crippen molar-refractivity contribution in [3.05, 3.63) is 4.88 Å². The average Bonchev–Trinajstić information content (AvgIpc) is 2.53. The maximum absolute atomic E-state index is 11.7. The van der Waals surface area contributed by atoms with Crippen LogP contribution in [0.15, 0.2) is 0 Å². The number of rotatable bonds is 3. The second kappa shape index (κ2) is 4.06. The fraction of sp³-hybridized carbons (Fsp3) is 0.556. The van der Waals surface area contributed by atoms with Gasteiger partial charge in [0.2, 0.25) is 0 Å². The lowest BCUT2D eigenvalue weighted by molar-refractivity contribution is 0.0922. The number of hydrogen-bond donors (Lipinski definition) is 3. The molecule has 0 atom stereocenters. The molecule has 4 N–H and O–H groups in total. The first kappa shape index (κ1) is 10.2.